The first-order valence-electron chi connectivity index (χ1n) is 15.4. The summed E-state index contributed by atoms with van der Waals surface area (Å²) < 4.78 is 2.61. The number of rotatable bonds is 4. The molecule has 9 aromatic rings. The van der Waals surface area contributed by atoms with Crippen LogP contribution < -0.4 is 0 Å². The number of benzene rings is 8. The molecule has 0 N–H and O–H groups in total. The Morgan fingerprint density at radius 3 is 1.11 bits per heavy atom. The summed E-state index contributed by atoms with van der Waals surface area (Å²) in [5, 5.41) is 7.86. The predicted molar refractivity (Wildman–Crippen MR) is 196 cm³/mol. The molecule has 0 unspecified atom stereocenters. The standard InChI is InChI=1S/C44H28S/c1-3-11-29(12-4-1)31-15-7-17-33(27-31)35-23-25-41-43-37(35)19-9-21-39(43)40-22-10-20-38-36(24-26-42(45-41)44(38)40)34-18-8-16-32(28-34)30-13-5-2-6-14-30/h1-28H. The molecule has 0 saturated heterocycles. The van der Waals surface area contributed by atoms with Gasteiger partial charge in [0, 0.05) is 20.2 Å². The van der Waals surface area contributed by atoms with Gasteiger partial charge in [0.25, 0.3) is 0 Å². The summed E-state index contributed by atoms with van der Waals surface area (Å²) in [5.74, 6) is 0. The van der Waals surface area contributed by atoms with Gasteiger partial charge in [-0.2, -0.15) is 0 Å². The highest BCUT2D eigenvalue weighted by Crippen LogP contribution is 2.44. The van der Waals surface area contributed by atoms with E-state index in [2.05, 4.69) is 170 Å². The molecule has 0 atom stereocenters. The molecule has 8 aromatic carbocycles. The molecule has 0 nitrogen and oxygen atoms in total. The molecular formula is C44H28S. The molecule has 0 amide bonds. The molecule has 1 heterocycles. The SMILES string of the molecule is c1ccc(-c2cccc(-c3ccc4sc5ccc(-c6cccc(-c7ccccc7)c6)c6cccc(c7cccc3c47)c56)c2)cc1. The normalized spacial score (nSPS) is 11.6. The summed E-state index contributed by atoms with van der Waals surface area (Å²) >= 11 is 1.90. The lowest BCUT2D eigenvalue weighted by atomic mass is 9.91. The lowest BCUT2D eigenvalue weighted by Gasteiger charge is -2.12. The van der Waals surface area contributed by atoms with Crippen molar-refractivity contribution in [2.75, 3.05) is 0 Å². The Morgan fingerprint density at radius 1 is 0.267 bits per heavy atom. The molecule has 0 saturated carbocycles. The molecule has 0 aliphatic heterocycles. The van der Waals surface area contributed by atoms with E-state index in [1.165, 1.54) is 86.2 Å². The second kappa shape index (κ2) is 10.6. The Bertz CT molecular complexity index is 2340. The first-order chi connectivity index (χ1) is 22.3. The Labute approximate surface area is 266 Å². The minimum absolute atomic E-state index is 1.24. The van der Waals surface area contributed by atoms with Crippen molar-refractivity contribution in [3.05, 3.63) is 170 Å². The molecular weight excluding hydrogens is 561 g/mol. The van der Waals surface area contributed by atoms with Gasteiger partial charge in [0.2, 0.25) is 0 Å². The van der Waals surface area contributed by atoms with E-state index in [9.17, 15) is 0 Å². The van der Waals surface area contributed by atoms with Crippen LogP contribution in [0.25, 0.3) is 86.2 Å². The van der Waals surface area contributed by atoms with Gasteiger partial charge in [0.15, 0.2) is 0 Å². The van der Waals surface area contributed by atoms with E-state index < -0.39 is 0 Å². The van der Waals surface area contributed by atoms with E-state index in [1.807, 2.05) is 11.3 Å². The van der Waals surface area contributed by atoms with Gasteiger partial charge in [-0.15, -0.1) is 11.3 Å². The summed E-state index contributed by atoms with van der Waals surface area (Å²) in [6.45, 7) is 0. The predicted octanol–water partition coefficient (Wildman–Crippen LogP) is 13.0. The van der Waals surface area contributed by atoms with Gasteiger partial charge in [0.05, 0.1) is 0 Å². The molecule has 0 bridgehead atoms. The van der Waals surface area contributed by atoms with Gasteiger partial charge in [0.1, 0.15) is 0 Å². The Kier molecular flexibility index (Phi) is 6.11. The average Bonchev–Trinajstić information content (AvgIpc) is 3.26. The van der Waals surface area contributed by atoms with Crippen LogP contribution in [0.15, 0.2) is 170 Å². The van der Waals surface area contributed by atoms with E-state index >= 15 is 0 Å². The van der Waals surface area contributed by atoms with Gasteiger partial charge >= 0.3 is 0 Å². The van der Waals surface area contributed by atoms with Crippen LogP contribution in [-0.2, 0) is 0 Å². The lowest BCUT2D eigenvalue weighted by molar-refractivity contribution is 1.61. The minimum atomic E-state index is 1.24. The number of fused-ring (bicyclic) bond motifs is 1. The molecule has 0 fully saturated rings. The van der Waals surface area contributed by atoms with Crippen molar-refractivity contribution >= 4 is 53.1 Å². The lowest BCUT2D eigenvalue weighted by Crippen LogP contribution is -1.85. The monoisotopic (exact) mass is 588 g/mol. The molecule has 0 spiro atoms. The maximum atomic E-state index is 2.33. The van der Waals surface area contributed by atoms with Crippen molar-refractivity contribution in [3.8, 4) is 44.5 Å². The summed E-state index contributed by atoms with van der Waals surface area (Å²) in [6, 6.07) is 62.2. The molecule has 210 valence electrons. The molecule has 0 radical (unpaired) electrons. The van der Waals surface area contributed by atoms with Crippen molar-refractivity contribution < 1.29 is 0 Å². The Balaban J connectivity index is 1.28. The Hall–Kier alpha value is -5.50. The first kappa shape index (κ1) is 25.9. The largest absolute Gasteiger partial charge is 0.135 e. The van der Waals surface area contributed by atoms with Crippen molar-refractivity contribution in [2.24, 2.45) is 0 Å². The fourth-order valence-electron chi connectivity index (χ4n) is 6.98. The molecule has 1 heteroatoms. The summed E-state index contributed by atoms with van der Waals surface area (Å²) in [4.78, 5) is 0. The maximum Gasteiger partial charge on any atom is 0.0361 e. The molecule has 0 aliphatic carbocycles. The summed E-state index contributed by atoms with van der Waals surface area (Å²) in [7, 11) is 0. The van der Waals surface area contributed by atoms with Crippen LogP contribution in [-0.4, -0.2) is 0 Å². The second-order valence-electron chi connectivity index (χ2n) is 11.7. The third-order valence-corrected chi connectivity index (χ3v) is 10.2. The van der Waals surface area contributed by atoms with E-state index in [-0.39, 0.29) is 0 Å². The molecule has 45 heavy (non-hydrogen) atoms. The third kappa shape index (κ3) is 4.36. The van der Waals surface area contributed by atoms with Gasteiger partial charge < -0.3 is 0 Å². The van der Waals surface area contributed by atoms with Crippen LogP contribution in [0, 0.1) is 0 Å². The third-order valence-electron chi connectivity index (χ3n) is 9.08. The van der Waals surface area contributed by atoms with Crippen molar-refractivity contribution in [2.45, 2.75) is 0 Å². The van der Waals surface area contributed by atoms with Crippen LogP contribution in [0.4, 0.5) is 0 Å². The Morgan fingerprint density at radius 2 is 0.644 bits per heavy atom. The van der Waals surface area contributed by atoms with E-state index in [1.54, 1.807) is 0 Å². The molecule has 9 rings (SSSR count). The van der Waals surface area contributed by atoms with E-state index in [4.69, 9.17) is 0 Å². The summed E-state index contributed by atoms with van der Waals surface area (Å²) in [6.07, 6.45) is 0. The fourth-order valence-corrected chi connectivity index (χ4v) is 8.14. The number of hydrogen-bond donors (Lipinski definition) is 0. The second-order valence-corrected chi connectivity index (χ2v) is 12.8. The maximum absolute atomic E-state index is 2.33. The summed E-state index contributed by atoms with van der Waals surface area (Å²) in [5.41, 5.74) is 9.97. The topological polar surface area (TPSA) is 0 Å². The highest BCUT2D eigenvalue weighted by molar-refractivity contribution is 7.24. The van der Waals surface area contributed by atoms with Gasteiger partial charge in [-0.1, -0.05) is 146 Å². The molecule has 0 aliphatic rings. The van der Waals surface area contributed by atoms with Crippen molar-refractivity contribution in [1.29, 1.82) is 0 Å². The van der Waals surface area contributed by atoms with Crippen LogP contribution >= 0.6 is 11.3 Å². The van der Waals surface area contributed by atoms with Gasteiger partial charge in [-0.25, -0.2) is 0 Å². The van der Waals surface area contributed by atoms with Crippen LogP contribution in [0.3, 0.4) is 0 Å². The van der Waals surface area contributed by atoms with Crippen molar-refractivity contribution in [1.82, 2.24) is 0 Å². The highest BCUT2D eigenvalue weighted by Gasteiger charge is 2.15. The van der Waals surface area contributed by atoms with Crippen LogP contribution in [0.5, 0.6) is 0 Å². The first-order valence-corrected chi connectivity index (χ1v) is 16.2. The van der Waals surface area contributed by atoms with Crippen LogP contribution in [0.1, 0.15) is 0 Å². The van der Waals surface area contributed by atoms with E-state index in [0.717, 1.165) is 0 Å². The zero-order valence-corrected chi connectivity index (χ0v) is 25.4. The quantitative estimate of drug-likeness (QED) is 0.192. The van der Waals surface area contributed by atoms with Gasteiger partial charge in [-0.3, -0.25) is 0 Å². The van der Waals surface area contributed by atoms with Crippen molar-refractivity contribution in [3.63, 3.8) is 0 Å². The minimum Gasteiger partial charge on any atom is -0.135 e. The number of hydrogen-bond acceptors (Lipinski definition) is 1. The van der Waals surface area contributed by atoms with E-state index in [0.29, 0.717) is 0 Å². The molecule has 1 aromatic heterocycles. The van der Waals surface area contributed by atoms with Gasteiger partial charge in [-0.05, 0) is 90.3 Å². The zero-order chi connectivity index (χ0) is 29.7. The zero-order valence-electron chi connectivity index (χ0n) is 24.6. The fraction of sp³-hybridized carbons (Fsp3) is 0. The average molecular weight is 589 g/mol. The van der Waals surface area contributed by atoms with Crippen LogP contribution in [0.2, 0.25) is 0 Å². The smallest absolute Gasteiger partial charge is 0.0361 e. The highest BCUT2D eigenvalue weighted by atomic mass is 32.1.